The van der Waals surface area contributed by atoms with Crippen molar-refractivity contribution in [2.24, 2.45) is 0 Å². The molecule has 0 radical (unpaired) electrons. The van der Waals surface area contributed by atoms with Crippen LogP contribution in [0.1, 0.15) is 22.3 Å². The van der Waals surface area contributed by atoms with Gasteiger partial charge in [-0.3, -0.25) is 4.79 Å². The fraction of sp³-hybridized carbons (Fsp3) is 0.138. The number of rotatable bonds is 7. The molecule has 0 heterocycles. The van der Waals surface area contributed by atoms with E-state index in [4.69, 9.17) is 0 Å². The maximum atomic E-state index is 13.5. The maximum absolute atomic E-state index is 13.5. The van der Waals surface area contributed by atoms with Gasteiger partial charge in [0.1, 0.15) is 0 Å². The third kappa shape index (κ3) is 5.29. The Morgan fingerprint density at radius 3 is 1.68 bits per heavy atom. The van der Waals surface area contributed by atoms with Crippen LogP contribution in [-0.2, 0) is 24.3 Å². The zero-order chi connectivity index (χ0) is 21.5. The molecule has 4 rings (SSSR count). The molecule has 0 fully saturated rings. The molecule has 31 heavy (non-hydrogen) atoms. The summed E-state index contributed by atoms with van der Waals surface area (Å²) in [5, 5.41) is 0. The van der Waals surface area contributed by atoms with Crippen molar-refractivity contribution in [1.82, 2.24) is 4.90 Å². The summed E-state index contributed by atoms with van der Waals surface area (Å²) in [6, 6.07) is 37.0. The van der Waals surface area contributed by atoms with Crippen LogP contribution in [0, 0.1) is 6.92 Å². The number of hydrogen-bond donors (Lipinski definition) is 0. The average molecular weight is 406 g/mol. The quantitative estimate of drug-likeness (QED) is 0.347. The monoisotopic (exact) mass is 405 g/mol. The van der Waals surface area contributed by atoms with E-state index in [1.54, 1.807) is 0 Å². The lowest BCUT2D eigenvalue weighted by atomic mass is 9.94. The minimum atomic E-state index is 0.133. The van der Waals surface area contributed by atoms with Crippen LogP contribution in [-0.4, -0.2) is 10.8 Å². The van der Waals surface area contributed by atoms with Gasteiger partial charge >= 0.3 is 0 Å². The first-order valence-corrected chi connectivity index (χ1v) is 10.7. The highest BCUT2D eigenvalue weighted by atomic mass is 16.2. The van der Waals surface area contributed by atoms with E-state index >= 15 is 0 Å². The van der Waals surface area contributed by atoms with Gasteiger partial charge in [-0.1, -0.05) is 109 Å². The Hall–Kier alpha value is -3.65. The average Bonchev–Trinajstić information content (AvgIpc) is 2.81. The van der Waals surface area contributed by atoms with Crippen molar-refractivity contribution in [1.29, 1.82) is 0 Å². The maximum Gasteiger partial charge on any atom is 0.227 e. The Morgan fingerprint density at radius 2 is 1.10 bits per heavy atom. The summed E-state index contributed by atoms with van der Waals surface area (Å²) in [6.45, 7) is 3.31. The van der Waals surface area contributed by atoms with E-state index in [-0.39, 0.29) is 5.91 Å². The van der Waals surface area contributed by atoms with Gasteiger partial charge in [0.05, 0.1) is 6.42 Å². The first-order chi connectivity index (χ1) is 15.2. The van der Waals surface area contributed by atoms with Gasteiger partial charge in [-0.25, -0.2) is 0 Å². The molecule has 0 N–H and O–H groups in total. The van der Waals surface area contributed by atoms with Crippen molar-refractivity contribution in [3.63, 3.8) is 0 Å². The normalized spacial score (nSPS) is 10.6. The molecule has 4 aromatic rings. The molecule has 0 aliphatic carbocycles. The summed E-state index contributed by atoms with van der Waals surface area (Å²) in [5.74, 6) is 0.133. The molecule has 2 heteroatoms. The zero-order valence-corrected chi connectivity index (χ0v) is 17.9. The van der Waals surface area contributed by atoms with Crippen LogP contribution in [0.5, 0.6) is 0 Å². The van der Waals surface area contributed by atoms with Crippen molar-refractivity contribution >= 4 is 5.91 Å². The van der Waals surface area contributed by atoms with Crippen molar-refractivity contribution in [3.8, 4) is 11.1 Å². The summed E-state index contributed by atoms with van der Waals surface area (Å²) in [7, 11) is 0. The van der Waals surface area contributed by atoms with Gasteiger partial charge in [-0.15, -0.1) is 0 Å². The highest BCUT2D eigenvalue weighted by Gasteiger charge is 2.17. The van der Waals surface area contributed by atoms with Crippen LogP contribution in [0.4, 0.5) is 0 Å². The molecular weight excluding hydrogens is 378 g/mol. The third-order valence-corrected chi connectivity index (χ3v) is 5.58. The van der Waals surface area contributed by atoms with Crippen LogP contribution in [0.25, 0.3) is 11.1 Å². The molecule has 2 nitrogen and oxygen atoms in total. The Morgan fingerprint density at radius 1 is 0.613 bits per heavy atom. The summed E-state index contributed by atoms with van der Waals surface area (Å²) in [5.41, 5.74) is 6.87. The SMILES string of the molecule is Cc1ccccc1-c1ccccc1CC(=O)N(Cc1ccccc1)Cc1ccccc1. The van der Waals surface area contributed by atoms with Crippen LogP contribution in [0.2, 0.25) is 0 Å². The van der Waals surface area contributed by atoms with Gasteiger partial charge in [0.15, 0.2) is 0 Å². The van der Waals surface area contributed by atoms with Crippen molar-refractivity contribution in [2.45, 2.75) is 26.4 Å². The number of nitrogens with zero attached hydrogens (tertiary/aromatic N) is 1. The second-order valence-corrected chi connectivity index (χ2v) is 7.87. The molecule has 1 amide bonds. The third-order valence-electron chi connectivity index (χ3n) is 5.58. The minimum absolute atomic E-state index is 0.133. The molecule has 0 saturated heterocycles. The van der Waals surface area contributed by atoms with Crippen LogP contribution in [0.3, 0.4) is 0 Å². The molecule has 0 saturated carbocycles. The van der Waals surface area contributed by atoms with E-state index in [1.807, 2.05) is 59.5 Å². The topological polar surface area (TPSA) is 20.3 Å². The van der Waals surface area contributed by atoms with Gasteiger partial charge in [0, 0.05) is 13.1 Å². The summed E-state index contributed by atoms with van der Waals surface area (Å²) in [6.07, 6.45) is 0.379. The predicted octanol–water partition coefficient (Wildman–Crippen LogP) is 6.43. The first-order valence-electron chi connectivity index (χ1n) is 10.7. The number of hydrogen-bond acceptors (Lipinski definition) is 1. The molecule has 4 aromatic carbocycles. The highest BCUT2D eigenvalue weighted by molar-refractivity contribution is 5.82. The van der Waals surface area contributed by atoms with E-state index in [1.165, 1.54) is 11.1 Å². The largest absolute Gasteiger partial charge is 0.334 e. The van der Waals surface area contributed by atoms with Gasteiger partial charge in [-0.05, 0) is 40.3 Å². The smallest absolute Gasteiger partial charge is 0.227 e. The molecule has 0 spiro atoms. The van der Waals surface area contributed by atoms with Crippen molar-refractivity contribution < 1.29 is 4.79 Å². The van der Waals surface area contributed by atoms with Crippen molar-refractivity contribution in [2.75, 3.05) is 0 Å². The standard InChI is InChI=1S/C29H27NO/c1-23-12-8-10-18-27(23)28-19-11-9-17-26(28)20-29(31)30(21-24-13-4-2-5-14-24)22-25-15-6-3-7-16-25/h2-19H,20-22H2,1H3. The van der Waals surface area contributed by atoms with Gasteiger partial charge in [-0.2, -0.15) is 0 Å². The van der Waals surface area contributed by atoms with Gasteiger partial charge < -0.3 is 4.90 Å². The number of carbonyl (C=O) groups is 1. The summed E-state index contributed by atoms with van der Waals surface area (Å²) in [4.78, 5) is 15.5. The van der Waals surface area contributed by atoms with Crippen LogP contribution >= 0.6 is 0 Å². The number of benzene rings is 4. The molecule has 0 bridgehead atoms. The molecular formula is C29H27NO. The Bertz CT molecular complexity index is 1090. The Labute approximate surface area is 184 Å². The van der Waals surface area contributed by atoms with E-state index in [0.717, 1.165) is 22.3 Å². The van der Waals surface area contributed by atoms with E-state index in [2.05, 4.69) is 61.5 Å². The molecule has 0 aliphatic rings. The molecule has 0 unspecified atom stereocenters. The predicted molar refractivity (Wildman–Crippen MR) is 127 cm³/mol. The van der Waals surface area contributed by atoms with Crippen molar-refractivity contribution in [3.05, 3.63) is 131 Å². The lowest BCUT2D eigenvalue weighted by molar-refractivity contribution is -0.131. The molecule has 0 aromatic heterocycles. The molecule has 0 atom stereocenters. The second-order valence-electron chi connectivity index (χ2n) is 7.87. The van der Waals surface area contributed by atoms with E-state index in [9.17, 15) is 4.79 Å². The first kappa shape index (κ1) is 20.6. The van der Waals surface area contributed by atoms with Gasteiger partial charge in [0.25, 0.3) is 0 Å². The summed E-state index contributed by atoms with van der Waals surface area (Å²) < 4.78 is 0. The lowest BCUT2D eigenvalue weighted by Gasteiger charge is -2.24. The lowest BCUT2D eigenvalue weighted by Crippen LogP contribution is -2.31. The summed E-state index contributed by atoms with van der Waals surface area (Å²) >= 11 is 0. The van der Waals surface area contributed by atoms with E-state index < -0.39 is 0 Å². The molecule has 154 valence electrons. The van der Waals surface area contributed by atoms with E-state index in [0.29, 0.717) is 19.5 Å². The Balaban J connectivity index is 1.61. The minimum Gasteiger partial charge on any atom is -0.334 e. The number of aryl methyl sites for hydroxylation is 1. The fourth-order valence-electron chi connectivity index (χ4n) is 3.93. The van der Waals surface area contributed by atoms with Crippen LogP contribution in [0.15, 0.2) is 109 Å². The number of amides is 1. The van der Waals surface area contributed by atoms with Crippen LogP contribution < -0.4 is 0 Å². The number of carbonyl (C=O) groups excluding carboxylic acids is 1. The zero-order valence-electron chi connectivity index (χ0n) is 17.9. The fourth-order valence-corrected chi connectivity index (χ4v) is 3.93. The second kappa shape index (κ2) is 9.90. The molecule has 0 aliphatic heterocycles. The Kier molecular flexibility index (Phi) is 6.59. The van der Waals surface area contributed by atoms with Gasteiger partial charge in [0.2, 0.25) is 5.91 Å². The highest BCUT2D eigenvalue weighted by Crippen LogP contribution is 2.27.